The van der Waals surface area contributed by atoms with Crippen LogP contribution in [0.1, 0.15) is 16.7 Å². The zero-order valence-corrected chi connectivity index (χ0v) is 6.93. The van der Waals surface area contributed by atoms with E-state index in [0.29, 0.717) is 0 Å². The quantitative estimate of drug-likeness (QED) is 0.555. The van der Waals surface area contributed by atoms with Crippen LogP contribution in [0.25, 0.3) is 0 Å². The number of nitrogens with two attached hydrogens (primary N) is 1. The van der Waals surface area contributed by atoms with Gasteiger partial charge in [-0.15, -0.1) is 0 Å². The minimum Gasteiger partial charge on any atom is -0.342 e. The Labute approximate surface area is 67.4 Å². The summed E-state index contributed by atoms with van der Waals surface area (Å²) in [6.07, 6.45) is 1.25. The van der Waals surface area contributed by atoms with E-state index in [9.17, 15) is 0 Å². The molecule has 1 aliphatic heterocycles. The van der Waals surface area contributed by atoms with E-state index in [4.69, 9.17) is 0 Å². The lowest BCUT2D eigenvalue weighted by Gasteiger charge is -2.15. The Balaban J connectivity index is 2.49. The normalized spacial score (nSPS) is 16.1. The Morgan fingerprint density at radius 3 is 3.09 bits per heavy atom. The van der Waals surface area contributed by atoms with E-state index in [1.807, 2.05) is 0 Å². The van der Waals surface area contributed by atoms with E-state index in [1.165, 1.54) is 25.1 Å². The molecule has 1 heteroatoms. The monoisotopic (exact) mass is 148 g/mol. The SMILES string of the molecule is Cc1cccc2c1C[NH2+]CC2. The molecule has 0 aromatic heterocycles. The van der Waals surface area contributed by atoms with Gasteiger partial charge in [-0.2, -0.15) is 0 Å². The average Bonchev–Trinajstić information content (AvgIpc) is 2.06. The highest BCUT2D eigenvalue weighted by Gasteiger charge is 2.11. The van der Waals surface area contributed by atoms with E-state index < -0.39 is 0 Å². The Hall–Kier alpha value is -0.820. The molecular formula is C10H14N+. The molecule has 1 aromatic carbocycles. The molecule has 0 spiro atoms. The van der Waals surface area contributed by atoms with Gasteiger partial charge in [0.25, 0.3) is 0 Å². The van der Waals surface area contributed by atoms with Gasteiger partial charge in [0, 0.05) is 12.0 Å². The van der Waals surface area contributed by atoms with Gasteiger partial charge in [-0.25, -0.2) is 0 Å². The van der Waals surface area contributed by atoms with Crippen LogP contribution in [0.2, 0.25) is 0 Å². The summed E-state index contributed by atoms with van der Waals surface area (Å²) in [5.74, 6) is 0. The second-order valence-corrected chi connectivity index (χ2v) is 3.24. The summed E-state index contributed by atoms with van der Waals surface area (Å²) in [5, 5.41) is 2.38. The third kappa shape index (κ3) is 1.16. The molecule has 11 heavy (non-hydrogen) atoms. The molecule has 0 aliphatic carbocycles. The molecule has 2 rings (SSSR count). The van der Waals surface area contributed by atoms with Crippen molar-refractivity contribution in [2.75, 3.05) is 6.54 Å². The molecule has 0 radical (unpaired) electrons. The summed E-state index contributed by atoms with van der Waals surface area (Å²) in [6, 6.07) is 6.63. The van der Waals surface area contributed by atoms with Crippen molar-refractivity contribution < 1.29 is 5.32 Å². The maximum absolute atomic E-state index is 2.38. The number of rotatable bonds is 0. The molecule has 0 bridgehead atoms. The molecule has 1 aromatic rings. The summed E-state index contributed by atoms with van der Waals surface area (Å²) in [4.78, 5) is 0. The van der Waals surface area contributed by atoms with Crippen LogP contribution in [-0.4, -0.2) is 6.54 Å². The number of quaternary nitrogens is 1. The summed E-state index contributed by atoms with van der Waals surface area (Å²) in [6.45, 7) is 4.65. The molecular weight excluding hydrogens is 134 g/mol. The Bertz CT molecular complexity index is 266. The lowest BCUT2D eigenvalue weighted by Crippen LogP contribution is -2.84. The molecule has 0 unspecified atom stereocenters. The Kier molecular flexibility index (Phi) is 1.66. The number of fused-ring (bicyclic) bond motifs is 1. The summed E-state index contributed by atoms with van der Waals surface area (Å²) >= 11 is 0. The fourth-order valence-corrected chi connectivity index (χ4v) is 1.79. The number of aryl methyl sites for hydroxylation is 1. The van der Waals surface area contributed by atoms with Crippen LogP contribution in [0.4, 0.5) is 0 Å². The Morgan fingerprint density at radius 2 is 2.27 bits per heavy atom. The maximum Gasteiger partial charge on any atom is 0.102 e. The van der Waals surface area contributed by atoms with Crippen molar-refractivity contribution in [1.82, 2.24) is 0 Å². The summed E-state index contributed by atoms with van der Waals surface area (Å²) < 4.78 is 0. The molecule has 1 nitrogen and oxygen atoms in total. The molecule has 58 valence electrons. The average molecular weight is 148 g/mol. The molecule has 0 amide bonds. The van der Waals surface area contributed by atoms with E-state index in [0.717, 1.165) is 0 Å². The first-order valence-corrected chi connectivity index (χ1v) is 4.27. The first-order chi connectivity index (χ1) is 5.38. The van der Waals surface area contributed by atoms with Crippen molar-refractivity contribution in [3.05, 3.63) is 34.9 Å². The van der Waals surface area contributed by atoms with Crippen molar-refractivity contribution in [2.24, 2.45) is 0 Å². The molecule has 0 fully saturated rings. The van der Waals surface area contributed by atoms with Crippen LogP contribution >= 0.6 is 0 Å². The van der Waals surface area contributed by atoms with Crippen molar-refractivity contribution in [3.8, 4) is 0 Å². The molecule has 1 heterocycles. The van der Waals surface area contributed by atoms with Crippen molar-refractivity contribution in [1.29, 1.82) is 0 Å². The second-order valence-electron chi connectivity index (χ2n) is 3.24. The minimum atomic E-state index is 1.18. The third-order valence-corrected chi connectivity index (χ3v) is 2.47. The van der Waals surface area contributed by atoms with Gasteiger partial charge in [-0.1, -0.05) is 18.2 Å². The van der Waals surface area contributed by atoms with Gasteiger partial charge in [0.1, 0.15) is 6.54 Å². The number of benzene rings is 1. The van der Waals surface area contributed by atoms with Gasteiger partial charge in [0.05, 0.1) is 6.54 Å². The predicted octanol–water partition coefficient (Wildman–Crippen LogP) is 0.615. The van der Waals surface area contributed by atoms with Crippen LogP contribution in [0.5, 0.6) is 0 Å². The van der Waals surface area contributed by atoms with Crippen molar-refractivity contribution in [3.63, 3.8) is 0 Å². The summed E-state index contributed by atoms with van der Waals surface area (Å²) in [7, 11) is 0. The lowest BCUT2D eigenvalue weighted by atomic mass is 9.97. The van der Waals surface area contributed by atoms with Crippen LogP contribution in [0.3, 0.4) is 0 Å². The molecule has 0 saturated heterocycles. The second kappa shape index (κ2) is 2.67. The van der Waals surface area contributed by atoms with Gasteiger partial charge in [-0.3, -0.25) is 0 Å². The van der Waals surface area contributed by atoms with Crippen LogP contribution in [0, 0.1) is 6.92 Å². The van der Waals surface area contributed by atoms with Gasteiger partial charge in [-0.05, 0) is 18.1 Å². The van der Waals surface area contributed by atoms with Gasteiger partial charge in [0.2, 0.25) is 0 Å². The van der Waals surface area contributed by atoms with Crippen molar-refractivity contribution >= 4 is 0 Å². The minimum absolute atomic E-state index is 1.18. The highest BCUT2D eigenvalue weighted by Crippen LogP contribution is 2.14. The first-order valence-electron chi connectivity index (χ1n) is 4.27. The molecule has 0 atom stereocenters. The topological polar surface area (TPSA) is 16.6 Å². The molecule has 1 aliphatic rings. The smallest absolute Gasteiger partial charge is 0.102 e. The first kappa shape index (κ1) is 6.86. The van der Waals surface area contributed by atoms with Gasteiger partial charge < -0.3 is 5.32 Å². The summed E-state index contributed by atoms with van der Waals surface area (Å²) in [5.41, 5.74) is 4.59. The number of hydrogen-bond acceptors (Lipinski definition) is 0. The lowest BCUT2D eigenvalue weighted by molar-refractivity contribution is -0.673. The van der Waals surface area contributed by atoms with Crippen molar-refractivity contribution in [2.45, 2.75) is 19.9 Å². The fourth-order valence-electron chi connectivity index (χ4n) is 1.79. The van der Waals surface area contributed by atoms with Crippen LogP contribution in [-0.2, 0) is 13.0 Å². The van der Waals surface area contributed by atoms with Gasteiger partial charge in [0.15, 0.2) is 0 Å². The third-order valence-electron chi connectivity index (χ3n) is 2.47. The maximum atomic E-state index is 2.38. The van der Waals surface area contributed by atoms with Gasteiger partial charge >= 0.3 is 0 Å². The van der Waals surface area contributed by atoms with E-state index in [1.54, 1.807) is 11.1 Å². The van der Waals surface area contributed by atoms with E-state index >= 15 is 0 Å². The van der Waals surface area contributed by atoms with E-state index in [-0.39, 0.29) is 0 Å². The number of hydrogen-bond donors (Lipinski definition) is 1. The van der Waals surface area contributed by atoms with Crippen LogP contribution in [0.15, 0.2) is 18.2 Å². The highest BCUT2D eigenvalue weighted by molar-refractivity contribution is 5.34. The zero-order valence-electron chi connectivity index (χ0n) is 6.93. The largest absolute Gasteiger partial charge is 0.342 e. The standard InChI is InChI=1S/C10H13N/c1-8-3-2-4-9-5-6-11-7-10(8)9/h2-4,11H,5-7H2,1H3/p+1. The van der Waals surface area contributed by atoms with E-state index in [2.05, 4.69) is 30.4 Å². The molecule has 0 saturated carbocycles. The fraction of sp³-hybridized carbons (Fsp3) is 0.400. The highest BCUT2D eigenvalue weighted by atomic mass is 14.9. The zero-order chi connectivity index (χ0) is 7.68. The predicted molar refractivity (Wildman–Crippen MR) is 45.4 cm³/mol. The Morgan fingerprint density at radius 1 is 1.36 bits per heavy atom. The van der Waals surface area contributed by atoms with Crippen LogP contribution < -0.4 is 5.32 Å². The molecule has 2 N–H and O–H groups in total.